The highest BCUT2D eigenvalue weighted by Crippen LogP contribution is 2.38. The Morgan fingerprint density at radius 2 is 1.92 bits per heavy atom. The average molecular weight is 393 g/mol. The monoisotopic (exact) mass is 392 g/mol. The highest BCUT2D eigenvalue weighted by molar-refractivity contribution is 6.30. The smallest absolute Gasteiger partial charge is 0.420 e. The van der Waals surface area contributed by atoms with Gasteiger partial charge < -0.3 is 10.1 Å². The van der Waals surface area contributed by atoms with E-state index in [-0.39, 0.29) is 10.7 Å². The Hall–Kier alpha value is -2.88. The van der Waals surface area contributed by atoms with Gasteiger partial charge in [-0.2, -0.15) is 13.2 Å². The summed E-state index contributed by atoms with van der Waals surface area (Å²) in [6.07, 6.45) is -4.93. The van der Waals surface area contributed by atoms with Crippen molar-refractivity contribution in [1.82, 2.24) is 0 Å². The molecular formula is C15H9ClF4N2O4. The van der Waals surface area contributed by atoms with Crippen molar-refractivity contribution >= 4 is 28.9 Å². The van der Waals surface area contributed by atoms with E-state index >= 15 is 0 Å². The van der Waals surface area contributed by atoms with Gasteiger partial charge in [0.05, 0.1) is 10.6 Å². The van der Waals surface area contributed by atoms with Gasteiger partial charge in [-0.05, 0) is 24.3 Å². The van der Waals surface area contributed by atoms with E-state index in [1.54, 1.807) is 0 Å². The van der Waals surface area contributed by atoms with Gasteiger partial charge in [-0.1, -0.05) is 11.6 Å². The van der Waals surface area contributed by atoms with E-state index in [1.165, 1.54) is 6.07 Å². The van der Waals surface area contributed by atoms with Crippen LogP contribution in [0.1, 0.15) is 5.56 Å². The van der Waals surface area contributed by atoms with E-state index < -0.39 is 46.4 Å². The number of rotatable bonds is 5. The third-order valence-corrected chi connectivity index (χ3v) is 3.28. The first-order chi connectivity index (χ1) is 12.1. The lowest BCUT2D eigenvalue weighted by Gasteiger charge is -2.14. The molecule has 0 saturated heterocycles. The van der Waals surface area contributed by atoms with E-state index in [4.69, 9.17) is 16.3 Å². The van der Waals surface area contributed by atoms with Crippen LogP contribution >= 0.6 is 11.6 Å². The van der Waals surface area contributed by atoms with Gasteiger partial charge in [-0.25, -0.2) is 4.39 Å². The molecule has 2 aromatic carbocycles. The summed E-state index contributed by atoms with van der Waals surface area (Å²) in [5, 5.41) is 12.8. The predicted molar refractivity (Wildman–Crippen MR) is 83.6 cm³/mol. The second kappa shape index (κ2) is 7.56. The Kier molecular flexibility index (Phi) is 5.66. The number of nitrogens with one attached hydrogen (secondary N) is 1. The van der Waals surface area contributed by atoms with Crippen LogP contribution in [-0.2, 0) is 11.0 Å². The van der Waals surface area contributed by atoms with Crippen LogP contribution in [0.5, 0.6) is 5.75 Å². The summed E-state index contributed by atoms with van der Waals surface area (Å²) in [6, 6.07) is 5.19. The maximum atomic E-state index is 13.5. The lowest BCUT2D eigenvalue weighted by molar-refractivity contribution is -0.385. The minimum Gasteiger partial charge on any atom is -0.483 e. The van der Waals surface area contributed by atoms with E-state index in [0.717, 1.165) is 24.3 Å². The quantitative estimate of drug-likeness (QED) is 0.464. The number of benzene rings is 2. The fourth-order valence-electron chi connectivity index (χ4n) is 1.90. The van der Waals surface area contributed by atoms with Crippen molar-refractivity contribution in [3.05, 3.63) is 62.9 Å². The SMILES string of the molecule is O=C(COc1ccc([N+](=O)[O-])cc1C(F)(F)F)Nc1cc(Cl)ccc1F. The third kappa shape index (κ3) is 4.82. The van der Waals surface area contributed by atoms with Crippen LogP contribution in [0.15, 0.2) is 36.4 Å². The number of ether oxygens (including phenoxy) is 1. The molecule has 0 aliphatic rings. The number of hydrogen-bond donors (Lipinski definition) is 1. The van der Waals surface area contributed by atoms with Gasteiger partial charge in [0.15, 0.2) is 6.61 Å². The van der Waals surface area contributed by atoms with Crippen molar-refractivity contribution in [2.45, 2.75) is 6.18 Å². The molecule has 0 aliphatic carbocycles. The number of nitro benzene ring substituents is 1. The summed E-state index contributed by atoms with van der Waals surface area (Å²) in [5.74, 6) is -2.52. The number of anilines is 1. The van der Waals surface area contributed by atoms with Crippen molar-refractivity contribution in [1.29, 1.82) is 0 Å². The Balaban J connectivity index is 2.14. The highest BCUT2D eigenvalue weighted by Gasteiger charge is 2.36. The number of amides is 1. The Bertz CT molecular complexity index is 858. The largest absolute Gasteiger partial charge is 0.483 e. The predicted octanol–water partition coefficient (Wildman–Crippen LogP) is 4.42. The molecule has 0 saturated carbocycles. The molecule has 0 bridgehead atoms. The first-order valence-electron chi connectivity index (χ1n) is 6.81. The van der Waals surface area contributed by atoms with Crippen LogP contribution in [0.25, 0.3) is 0 Å². The molecule has 1 amide bonds. The van der Waals surface area contributed by atoms with Crippen LogP contribution in [0.4, 0.5) is 28.9 Å². The van der Waals surface area contributed by atoms with Gasteiger partial charge >= 0.3 is 6.18 Å². The van der Waals surface area contributed by atoms with Gasteiger partial charge in [0.1, 0.15) is 17.1 Å². The van der Waals surface area contributed by atoms with E-state index in [0.29, 0.717) is 6.07 Å². The second-order valence-electron chi connectivity index (χ2n) is 4.90. The van der Waals surface area contributed by atoms with Crippen molar-refractivity contribution in [2.24, 2.45) is 0 Å². The fourth-order valence-corrected chi connectivity index (χ4v) is 2.07. The first kappa shape index (κ1) is 19.4. The Morgan fingerprint density at radius 1 is 1.23 bits per heavy atom. The lowest BCUT2D eigenvalue weighted by Crippen LogP contribution is -2.22. The van der Waals surface area contributed by atoms with Gasteiger partial charge in [0.25, 0.3) is 11.6 Å². The van der Waals surface area contributed by atoms with Crippen molar-refractivity contribution < 1.29 is 32.0 Å². The second-order valence-corrected chi connectivity index (χ2v) is 5.33. The molecule has 26 heavy (non-hydrogen) atoms. The number of alkyl halides is 3. The molecule has 11 heteroatoms. The minimum absolute atomic E-state index is 0.136. The number of hydrogen-bond acceptors (Lipinski definition) is 4. The van der Waals surface area contributed by atoms with Crippen molar-refractivity contribution in [2.75, 3.05) is 11.9 Å². The van der Waals surface area contributed by atoms with Crippen LogP contribution in [0, 0.1) is 15.9 Å². The molecule has 0 radical (unpaired) electrons. The molecule has 2 rings (SSSR count). The third-order valence-electron chi connectivity index (χ3n) is 3.04. The molecule has 0 unspecified atom stereocenters. The van der Waals surface area contributed by atoms with Crippen LogP contribution < -0.4 is 10.1 Å². The first-order valence-corrected chi connectivity index (χ1v) is 7.19. The molecule has 138 valence electrons. The maximum absolute atomic E-state index is 13.5. The van der Waals surface area contributed by atoms with E-state index in [9.17, 15) is 32.5 Å². The molecule has 0 atom stereocenters. The van der Waals surface area contributed by atoms with Gasteiger partial charge in [-0.3, -0.25) is 14.9 Å². The standard InChI is InChI=1S/C15H9ClF4N2O4/c16-8-1-3-11(17)12(5-8)21-14(23)7-26-13-4-2-9(22(24)25)6-10(13)15(18,19)20/h1-6H,7H2,(H,21,23). The molecule has 6 nitrogen and oxygen atoms in total. The summed E-state index contributed by atoms with van der Waals surface area (Å²) in [5.41, 5.74) is -2.46. The number of halogens is 5. The van der Waals surface area contributed by atoms with Gasteiger partial charge in [0, 0.05) is 17.2 Å². The summed E-state index contributed by atoms with van der Waals surface area (Å²) in [4.78, 5) is 21.4. The zero-order valence-corrected chi connectivity index (χ0v) is 13.4. The minimum atomic E-state index is -4.93. The summed E-state index contributed by atoms with van der Waals surface area (Å²) in [6.45, 7) is -0.882. The van der Waals surface area contributed by atoms with Gasteiger partial charge in [0.2, 0.25) is 0 Å². The maximum Gasteiger partial charge on any atom is 0.420 e. The summed E-state index contributed by atoms with van der Waals surface area (Å²) in [7, 11) is 0. The van der Waals surface area contributed by atoms with Crippen molar-refractivity contribution in [3.8, 4) is 5.75 Å². The van der Waals surface area contributed by atoms with E-state index in [1.807, 2.05) is 0 Å². The van der Waals surface area contributed by atoms with Crippen LogP contribution in [0.2, 0.25) is 5.02 Å². The molecular weight excluding hydrogens is 384 g/mol. The normalized spacial score (nSPS) is 11.1. The highest BCUT2D eigenvalue weighted by atomic mass is 35.5. The molecule has 0 spiro atoms. The number of carbonyl (C=O) groups is 1. The molecule has 0 fully saturated rings. The number of nitro groups is 1. The zero-order chi connectivity index (χ0) is 19.5. The Labute approximate surface area is 148 Å². The molecule has 0 aromatic heterocycles. The topological polar surface area (TPSA) is 81.5 Å². The molecule has 2 aromatic rings. The summed E-state index contributed by atoms with van der Waals surface area (Å²) >= 11 is 5.66. The van der Waals surface area contributed by atoms with Crippen molar-refractivity contribution in [3.63, 3.8) is 0 Å². The van der Waals surface area contributed by atoms with Crippen LogP contribution in [-0.4, -0.2) is 17.4 Å². The fraction of sp³-hybridized carbons (Fsp3) is 0.133. The molecule has 0 heterocycles. The summed E-state index contributed by atoms with van der Waals surface area (Å²) < 4.78 is 57.3. The zero-order valence-electron chi connectivity index (χ0n) is 12.6. The number of nitrogens with zero attached hydrogens (tertiary/aromatic N) is 1. The number of carbonyl (C=O) groups excluding carboxylic acids is 1. The van der Waals surface area contributed by atoms with E-state index in [2.05, 4.69) is 5.32 Å². The van der Waals surface area contributed by atoms with Crippen LogP contribution in [0.3, 0.4) is 0 Å². The Morgan fingerprint density at radius 3 is 2.54 bits per heavy atom. The number of non-ortho nitro benzene ring substituents is 1. The van der Waals surface area contributed by atoms with Gasteiger partial charge in [-0.15, -0.1) is 0 Å². The average Bonchev–Trinajstić information content (AvgIpc) is 2.55. The lowest BCUT2D eigenvalue weighted by atomic mass is 10.1. The molecule has 1 N–H and O–H groups in total. The molecule has 0 aliphatic heterocycles.